The van der Waals surface area contributed by atoms with Crippen LogP contribution < -0.4 is 5.32 Å². The Hall–Kier alpha value is -1.06. The normalized spacial score (nSPS) is 47.6. The summed E-state index contributed by atoms with van der Waals surface area (Å²) in [5.74, 6) is 3.80. The van der Waals surface area contributed by atoms with Gasteiger partial charge >= 0.3 is 6.09 Å². The molecule has 8 atom stereocenters. The van der Waals surface area contributed by atoms with E-state index in [2.05, 4.69) is 33.0 Å². The number of nitrogens with one attached hydrogen (secondary N) is 1. The molecule has 5 saturated carbocycles. The van der Waals surface area contributed by atoms with E-state index in [0.29, 0.717) is 29.0 Å². The average molecular weight is 472 g/mol. The molecule has 0 saturated heterocycles. The van der Waals surface area contributed by atoms with Crippen LogP contribution in [-0.2, 0) is 9.53 Å². The molecule has 0 radical (unpaired) electrons. The zero-order valence-electron chi connectivity index (χ0n) is 22.9. The van der Waals surface area contributed by atoms with E-state index in [4.69, 9.17) is 4.74 Å². The van der Waals surface area contributed by atoms with E-state index in [-0.39, 0.29) is 22.5 Å². The van der Waals surface area contributed by atoms with Crippen molar-refractivity contribution in [3.63, 3.8) is 0 Å². The Morgan fingerprint density at radius 1 is 0.853 bits per heavy atom. The summed E-state index contributed by atoms with van der Waals surface area (Å²) >= 11 is 0. The van der Waals surface area contributed by atoms with Crippen LogP contribution in [0.4, 0.5) is 4.79 Å². The molecule has 192 valence electrons. The first-order valence-corrected chi connectivity index (χ1v) is 14.3. The third-order valence-corrected chi connectivity index (χ3v) is 12.0. The lowest BCUT2D eigenvalue weighted by Crippen LogP contribution is -2.65. The lowest BCUT2D eigenvalue weighted by molar-refractivity contribution is -0.193. The molecule has 5 aliphatic rings. The van der Waals surface area contributed by atoms with E-state index in [0.717, 1.165) is 37.5 Å². The number of carbonyl (C=O) groups is 2. The van der Waals surface area contributed by atoms with Gasteiger partial charge in [0.05, 0.1) is 0 Å². The smallest absolute Gasteiger partial charge is 0.408 e. The van der Waals surface area contributed by atoms with Gasteiger partial charge in [0.1, 0.15) is 11.4 Å². The fraction of sp³-hybridized carbons (Fsp3) is 0.933. The first kappa shape index (κ1) is 24.6. The largest absolute Gasteiger partial charge is 0.444 e. The number of ether oxygens (including phenoxy) is 1. The topological polar surface area (TPSA) is 55.4 Å². The number of hydrogen-bond acceptors (Lipinski definition) is 3. The number of Topliss-reactive ketones (excluding diaryl/α,β-unsaturated/α-hetero) is 1. The van der Waals surface area contributed by atoms with Gasteiger partial charge in [-0.1, -0.05) is 34.1 Å². The summed E-state index contributed by atoms with van der Waals surface area (Å²) in [6.45, 7) is 15.5. The number of hydrogen-bond donors (Lipinski definition) is 1. The molecule has 0 aliphatic heterocycles. The molecule has 0 heterocycles. The predicted molar refractivity (Wildman–Crippen MR) is 135 cm³/mol. The van der Waals surface area contributed by atoms with Crippen LogP contribution in [0.15, 0.2) is 0 Å². The highest BCUT2D eigenvalue weighted by Gasteiger charge is 2.66. The fourth-order valence-corrected chi connectivity index (χ4v) is 10.7. The number of fused-ring (bicyclic) bond motifs is 7. The van der Waals surface area contributed by atoms with Crippen molar-refractivity contribution < 1.29 is 14.3 Å². The molecule has 0 spiro atoms. The third-order valence-electron chi connectivity index (χ3n) is 12.0. The van der Waals surface area contributed by atoms with Crippen LogP contribution in [0.1, 0.15) is 119 Å². The molecule has 7 unspecified atom stereocenters. The van der Waals surface area contributed by atoms with Gasteiger partial charge in [-0.05, 0) is 119 Å². The third kappa shape index (κ3) is 3.51. The first-order valence-electron chi connectivity index (χ1n) is 14.3. The molecule has 5 fully saturated rings. The summed E-state index contributed by atoms with van der Waals surface area (Å²) in [7, 11) is 0. The van der Waals surface area contributed by atoms with Crippen molar-refractivity contribution >= 4 is 11.9 Å². The second kappa shape index (κ2) is 7.72. The lowest BCUT2D eigenvalue weighted by Gasteiger charge is -2.68. The Balaban J connectivity index is 1.40. The zero-order chi connectivity index (χ0) is 24.7. The van der Waals surface area contributed by atoms with Crippen LogP contribution in [0.5, 0.6) is 0 Å². The Morgan fingerprint density at radius 2 is 1.59 bits per heavy atom. The molecular weight excluding hydrogens is 422 g/mol. The molecular formula is C30H49NO3. The minimum atomic E-state index is -0.458. The molecule has 0 aromatic rings. The lowest BCUT2D eigenvalue weighted by atomic mass is 9.36. The van der Waals surface area contributed by atoms with Crippen LogP contribution in [0.25, 0.3) is 0 Å². The van der Waals surface area contributed by atoms with Crippen molar-refractivity contribution in [1.29, 1.82) is 0 Å². The van der Waals surface area contributed by atoms with Gasteiger partial charge in [0.25, 0.3) is 0 Å². The van der Waals surface area contributed by atoms with Crippen molar-refractivity contribution in [3.8, 4) is 0 Å². The Kier molecular flexibility index (Phi) is 5.59. The summed E-state index contributed by atoms with van der Waals surface area (Å²) < 4.78 is 5.71. The van der Waals surface area contributed by atoms with Gasteiger partial charge < -0.3 is 10.1 Å². The molecule has 34 heavy (non-hydrogen) atoms. The molecule has 4 nitrogen and oxygen atoms in total. The summed E-state index contributed by atoms with van der Waals surface area (Å²) in [4.78, 5) is 25.7. The van der Waals surface area contributed by atoms with Gasteiger partial charge in [-0.25, -0.2) is 4.79 Å². The van der Waals surface area contributed by atoms with Crippen molar-refractivity contribution in [2.24, 2.45) is 45.8 Å². The molecule has 0 bridgehead atoms. The number of alkyl carbamates (subject to hydrolysis) is 1. The maximum absolute atomic E-state index is 12.9. The first-order chi connectivity index (χ1) is 15.7. The molecule has 1 amide bonds. The summed E-state index contributed by atoms with van der Waals surface area (Å²) in [6.07, 6.45) is 12.6. The van der Waals surface area contributed by atoms with Crippen LogP contribution >= 0.6 is 0 Å². The van der Waals surface area contributed by atoms with E-state index >= 15 is 0 Å². The number of ketones is 1. The van der Waals surface area contributed by atoms with Gasteiger partial charge in [-0.15, -0.1) is 0 Å². The molecule has 0 aromatic carbocycles. The van der Waals surface area contributed by atoms with E-state index < -0.39 is 5.60 Å². The van der Waals surface area contributed by atoms with Crippen molar-refractivity contribution in [1.82, 2.24) is 5.32 Å². The van der Waals surface area contributed by atoms with Gasteiger partial charge in [0, 0.05) is 17.4 Å². The number of rotatable bonds is 1. The zero-order valence-corrected chi connectivity index (χ0v) is 22.9. The maximum atomic E-state index is 12.9. The van der Waals surface area contributed by atoms with Crippen molar-refractivity contribution in [2.75, 3.05) is 0 Å². The van der Waals surface area contributed by atoms with Gasteiger partial charge in [-0.3, -0.25) is 4.79 Å². The van der Waals surface area contributed by atoms with Crippen LogP contribution in [-0.4, -0.2) is 23.0 Å². The van der Waals surface area contributed by atoms with Gasteiger partial charge in [-0.2, -0.15) is 0 Å². The van der Waals surface area contributed by atoms with Gasteiger partial charge in [0.15, 0.2) is 0 Å². The molecule has 1 N–H and O–H groups in total. The van der Waals surface area contributed by atoms with Crippen LogP contribution in [0.3, 0.4) is 0 Å². The second-order valence-electron chi connectivity index (χ2n) is 15.0. The summed E-state index contributed by atoms with van der Waals surface area (Å²) in [5.41, 5.74) is -0.0385. The van der Waals surface area contributed by atoms with E-state index in [1.807, 2.05) is 20.8 Å². The summed E-state index contributed by atoms with van der Waals surface area (Å²) in [6, 6.07) is 0. The minimum Gasteiger partial charge on any atom is -0.444 e. The average Bonchev–Trinajstić information content (AvgIpc) is 3.13. The maximum Gasteiger partial charge on any atom is 0.408 e. The molecule has 0 aromatic heterocycles. The Bertz CT molecular complexity index is 858. The summed E-state index contributed by atoms with van der Waals surface area (Å²) in [5, 5.41) is 3.44. The highest BCUT2D eigenvalue weighted by molar-refractivity contribution is 5.85. The number of amides is 1. The highest BCUT2D eigenvalue weighted by atomic mass is 16.6. The monoisotopic (exact) mass is 471 g/mol. The van der Waals surface area contributed by atoms with Crippen molar-refractivity contribution in [3.05, 3.63) is 0 Å². The standard InChI is InChI=1S/C30H49NO3/c1-26(2,3)34-25(33)31-30-15-8-9-21(30)19-10-11-23-28(6,20(19)12-18-30)16-13-22-27(4,5)24(32)14-17-29(22,23)7/h19-23H,8-18H2,1-7H3,(H,31,33)/t19?,20?,21-,22?,23?,28?,29?,30?/m1/s1. The number of carbonyl (C=O) groups excluding carboxylic acids is 2. The van der Waals surface area contributed by atoms with Gasteiger partial charge in [0.2, 0.25) is 0 Å². The predicted octanol–water partition coefficient (Wildman–Crippen LogP) is 7.30. The molecule has 5 rings (SSSR count). The minimum absolute atomic E-state index is 0.0625. The Labute approximate surface area is 207 Å². The Morgan fingerprint density at radius 3 is 2.29 bits per heavy atom. The SMILES string of the molecule is CC(C)(C)OC(=O)NC12CCC[C@@H]1C1CCC3C(C)(CCC4C(C)(C)C(=O)CCC43C)C1CC2. The van der Waals surface area contributed by atoms with Crippen LogP contribution in [0.2, 0.25) is 0 Å². The van der Waals surface area contributed by atoms with Crippen molar-refractivity contribution in [2.45, 2.75) is 130 Å². The van der Waals surface area contributed by atoms with E-state index in [1.54, 1.807) is 0 Å². The van der Waals surface area contributed by atoms with Crippen LogP contribution in [0, 0.1) is 45.8 Å². The second-order valence-corrected chi connectivity index (χ2v) is 15.0. The molecule has 4 heteroatoms. The highest BCUT2D eigenvalue weighted by Crippen LogP contribution is 2.71. The van der Waals surface area contributed by atoms with E-state index in [1.165, 1.54) is 44.9 Å². The fourth-order valence-electron chi connectivity index (χ4n) is 10.7. The quantitative estimate of drug-likeness (QED) is 0.436. The molecule has 5 aliphatic carbocycles. The van der Waals surface area contributed by atoms with E-state index in [9.17, 15) is 9.59 Å².